The molecule has 2 aliphatic rings. The number of hydrogen-bond acceptors (Lipinski definition) is 4. The van der Waals surface area contributed by atoms with Crippen LogP contribution in [-0.4, -0.2) is 39.7 Å². The van der Waals surface area contributed by atoms with E-state index in [1.54, 1.807) is 0 Å². The summed E-state index contributed by atoms with van der Waals surface area (Å²) in [4.78, 5) is 16.7. The fraction of sp³-hybridized carbons (Fsp3) is 0.500. The minimum atomic E-state index is 0. The molecule has 1 aromatic heterocycles. The molecule has 156 valence electrons. The topological polar surface area (TPSA) is 96.2 Å². The summed E-state index contributed by atoms with van der Waals surface area (Å²) in [5.74, 6) is 2.89. The van der Waals surface area contributed by atoms with E-state index in [9.17, 15) is 4.79 Å². The highest BCUT2D eigenvalue weighted by atomic mass is 127. The molecule has 3 N–H and O–H groups in total. The van der Waals surface area contributed by atoms with E-state index < -0.39 is 0 Å². The number of nitrogens with one attached hydrogen (secondary N) is 3. The Morgan fingerprint density at radius 3 is 3.00 bits per heavy atom. The average molecular weight is 509 g/mol. The highest BCUT2D eigenvalue weighted by Crippen LogP contribution is 2.31. The Bertz CT molecular complexity index is 879. The van der Waals surface area contributed by atoms with Crippen LogP contribution < -0.4 is 16.0 Å². The lowest BCUT2D eigenvalue weighted by Crippen LogP contribution is -2.40. The largest absolute Gasteiger partial charge is 0.357 e. The van der Waals surface area contributed by atoms with Crippen molar-refractivity contribution in [3.05, 3.63) is 41.5 Å². The molecule has 0 saturated heterocycles. The quantitative estimate of drug-likeness (QED) is 0.327. The number of aryl methyl sites for hydroxylation is 1. The smallest absolute Gasteiger partial charge is 0.225 e. The first-order valence-corrected chi connectivity index (χ1v) is 10.1. The SMILES string of the molecule is CCNC(=NCc1nnc2n1CCCC2)NCC1CC(=O)Nc2ccccc21.I. The number of nitrogens with zero attached hydrogens (tertiary/aromatic N) is 4. The van der Waals surface area contributed by atoms with Crippen LogP contribution in [0.3, 0.4) is 0 Å². The van der Waals surface area contributed by atoms with Crippen molar-refractivity contribution < 1.29 is 4.79 Å². The minimum absolute atomic E-state index is 0. The zero-order valence-corrected chi connectivity index (χ0v) is 19.0. The fourth-order valence-corrected chi connectivity index (χ4v) is 3.88. The van der Waals surface area contributed by atoms with Crippen molar-refractivity contribution >= 4 is 41.5 Å². The number of aliphatic imine (C=N–C) groups is 1. The Morgan fingerprint density at radius 1 is 1.28 bits per heavy atom. The van der Waals surface area contributed by atoms with Gasteiger partial charge in [0.2, 0.25) is 5.91 Å². The van der Waals surface area contributed by atoms with Gasteiger partial charge in [-0.25, -0.2) is 4.99 Å². The van der Waals surface area contributed by atoms with Crippen LogP contribution in [0.4, 0.5) is 5.69 Å². The maximum atomic E-state index is 12.0. The maximum Gasteiger partial charge on any atom is 0.225 e. The number of benzene rings is 1. The van der Waals surface area contributed by atoms with Gasteiger partial charge in [-0.15, -0.1) is 34.2 Å². The lowest BCUT2D eigenvalue weighted by atomic mass is 9.90. The molecular weight excluding hydrogens is 481 g/mol. The van der Waals surface area contributed by atoms with Gasteiger partial charge < -0.3 is 20.5 Å². The molecule has 1 atom stereocenters. The van der Waals surface area contributed by atoms with Gasteiger partial charge in [0.25, 0.3) is 0 Å². The van der Waals surface area contributed by atoms with Gasteiger partial charge in [0.1, 0.15) is 12.4 Å². The lowest BCUT2D eigenvalue weighted by molar-refractivity contribution is -0.116. The summed E-state index contributed by atoms with van der Waals surface area (Å²) >= 11 is 0. The van der Waals surface area contributed by atoms with Gasteiger partial charge in [-0.3, -0.25) is 4.79 Å². The first-order valence-electron chi connectivity index (χ1n) is 10.1. The van der Waals surface area contributed by atoms with Crippen molar-refractivity contribution in [1.82, 2.24) is 25.4 Å². The molecule has 0 bridgehead atoms. The minimum Gasteiger partial charge on any atom is -0.357 e. The maximum absolute atomic E-state index is 12.0. The number of carbonyl (C=O) groups is 1. The number of guanidine groups is 1. The second-order valence-corrected chi connectivity index (χ2v) is 7.25. The van der Waals surface area contributed by atoms with E-state index in [4.69, 9.17) is 4.99 Å². The number of aromatic nitrogens is 3. The molecule has 0 radical (unpaired) electrons. The molecule has 2 aliphatic heterocycles. The normalized spacial score (nSPS) is 18.2. The van der Waals surface area contributed by atoms with Crippen LogP contribution in [0.15, 0.2) is 29.3 Å². The van der Waals surface area contributed by atoms with E-state index in [2.05, 4.69) is 36.8 Å². The molecule has 29 heavy (non-hydrogen) atoms. The van der Waals surface area contributed by atoms with Gasteiger partial charge in [0.05, 0.1) is 0 Å². The Balaban J connectivity index is 0.00000240. The Labute approximate surface area is 188 Å². The summed E-state index contributed by atoms with van der Waals surface area (Å²) in [7, 11) is 0. The third-order valence-electron chi connectivity index (χ3n) is 5.28. The van der Waals surface area contributed by atoms with E-state index in [1.165, 1.54) is 12.8 Å². The molecule has 8 nitrogen and oxygen atoms in total. The number of para-hydroxylation sites is 1. The average Bonchev–Trinajstić information content (AvgIpc) is 3.13. The van der Waals surface area contributed by atoms with Gasteiger partial charge >= 0.3 is 0 Å². The van der Waals surface area contributed by atoms with Crippen LogP contribution >= 0.6 is 24.0 Å². The standard InChI is InChI=1S/C20H27N7O.HI/c1-2-21-20(23-13-18-26-25-17-9-5-6-10-27(17)18)22-12-14-11-19(28)24-16-8-4-3-7-15(14)16;/h3-4,7-8,14H,2,5-6,9-13H2,1H3,(H,24,28)(H2,21,22,23);1H. The highest BCUT2D eigenvalue weighted by Gasteiger charge is 2.24. The molecule has 3 heterocycles. The molecule has 1 unspecified atom stereocenters. The molecule has 1 amide bonds. The first-order chi connectivity index (χ1) is 13.7. The number of carbonyl (C=O) groups excluding carboxylic acids is 1. The van der Waals surface area contributed by atoms with E-state index in [0.29, 0.717) is 19.5 Å². The second-order valence-electron chi connectivity index (χ2n) is 7.25. The molecule has 9 heteroatoms. The number of amides is 1. The van der Waals surface area contributed by atoms with Crippen molar-refractivity contribution in [2.24, 2.45) is 4.99 Å². The van der Waals surface area contributed by atoms with E-state index in [0.717, 1.165) is 48.4 Å². The predicted octanol–water partition coefficient (Wildman–Crippen LogP) is 2.41. The summed E-state index contributed by atoms with van der Waals surface area (Å²) in [5.41, 5.74) is 2.07. The third kappa shape index (κ3) is 5.06. The van der Waals surface area contributed by atoms with Gasteiger partial charge in [-0.2, -0.15) is 0 Å². The molecule has 4 rings (SSSR count). The van der Waals surface area contributed by atoms with Gasteiger partial charge in [-0.05, 0) is 31.4 Å². The van der Waals surface area contributed by atoms with Crippen LogP contribution in [0.25, 0.3) is 0 Å². The van der Waals surface area contributed by atoms with Crippen LogP contribution in [0, 0.1) is 0 Å². The Hall–Kier alpha value is -2.17. The Kier molecular flexibility index (Phi) is 7.45. The molecule has 1 aromatic carbocycles. The van der Waals surface area contributed by atoms with Gasteiger partial charge in [-0.1, -0.05) is 18.2 Å². The molecule has 0 saturated carbocycles. The lowest BCUT2D eigenvalue weighted by Gasteiger charge is -2.26. The summed E-state index contributed by atoms with van der Waals surface area (Å²) < 4.78 is 2.19. The zero-order valence-electron chi connectivity index (χ0n) is 16.6. The van der Waals surface area contributed by atoms with Crippen LogP contribution in [0.2, 0.25) is 0 Å². The van der Waals surface area contributed by atoms with Crippen LogP contribution in [-0.2, 0) is 24.3 Å². The molecule has 0 aliphatic carbocycles. The van der Waals surface area contributed by atoms with Gasteiger partial charge in [0.15, 0.2) is 11.8 Å². The van der Waals surface area contributed by atoms with Crippen LogP contribution in [0.5, 0.6) is 0 Å². The monoisotopic (exact) mass is 509 g/mol. The van der Waals surface area contributed by atoms with Crippen molar-refractivity contribution in [2.45, 2.75) is 51.6 Å². The molecule has 0 spiro atoms. The van der Waals surface area contributed by atoms with Crippen molar-refractivity contribution in [3.63, 3.8) is 0 Å². The third-order valence-corrected chi connectivity index (χ3v) is 5.28. The summed E-state index contributed by atoms with van der Waals surface area (Å²) in [6, 6.07) is 7.98. The molecule has 0 fully saturated rings. The molecule has 2 aromatic rings. The highest BCUT2D eigenvalue weighted by molar-refractivity contribution is 14.0. The van der Waals surface area contributed by atoms with Crippen molar-refractivity contribution in [1.29, 1.82) is 0 Å². The number of fused-ring (bicyclic) bond motifs is 2. The first kappa shape index (κ1) is 21.5. The molecular formula is C20H28IN7O. The van der Waals surface area contributed by atoms with E-state index in [1.807, 2.05) is 25.1 Å². The summed E-state index contributed by atoms with van der Waals surface area (Å²) in [5, 5.41) is 18.2. The predicted molar refractivity (Wildman–Crippen MR) is 124 cm³/mol. The summed E-state index contributed by atoms with van der Waals surface area (Å²) in [6.07, 6.45) is 3.82. The number of rotatable bonds is 5. The van der Waals surface area contributed by atoms with E-state index >= 15 is 0 Å². The van der Waals surface area contributed by atoms with Crippen molar-refractivity contribution in [2.75, 3.05) is 18.4 Å². The fourth-order valence-electron chi connectivity index (χ4n) is 3.88. The number of anilines is 1. The van der Waals surface area contributed by atoms with Gasteiger partial charge in [0, 0.05) is 44.1 Å². The zero-order chi connectivity index (χ0) is 19.3. The van der Waals surface area contributed by atoms with Crippen molar-refractivity contribution in [3.8, 4) is 0 Å². The number of hydrogen-bond donors (Lipinski definition) is 3. The van der Waals surface area contributed by atoms with Crippen LogP contribution in [0.1, 0.15) is 49.3 Å². The number of halogens is 1. The second kappa shape index (κ2) is 10.0. The Morgan fingerprint density at radius 2 is 2.14 bits per heavy atom. The van der Waals surface area contributed by atoms with E-state index in [-0.39, 0.29) is 35.8 Å². The summed E-state index contributed by atoms with van der Waals surface area (Å²) in [6.45, 7) is 4.93.